The fourth-order valence-corrected chi connectivity index (χ4v) is 2.44. The van der Waals surface area contributed by atoms with E-state index >= 15 is 0 Å². The minimum atomic E-state index is -0.156. The molecule has 0 fully saturated rings. The zero-order valence-corrected chi connectivity index (χ0v) is 16.4. The number of ketones is 1. The molecule has 0 heterocycles. The Balaban J connectivity index is 2.10. The lowest BCUT2D eigenvalue weighted by molar-refractivity contribution is -0.110. The summed E-state index contributed by atoms with van der Waals surface area (Å²) in [5.41, 5.74) is 1.61. The molecule has 2 aromatic rings. The molecule has 148 valence electrons. The average Bonchev–Trinajstić information content (AvgIpc) is 2.74. The van der Waals surface area contributed by atoms with Crippen molar-refractivity contribution in [1.82, 2.24) is 0 Å². The average molecular weight is 384 g/mol. The smallest absolute Gasteiger partial charge is 0.203 e. The fraction of sp³-hybridized carbons (Fsp3) is 0.227. The Bertz CT molecular complexity index is 829. The van der Waals surface area contributed by atoms with E-state index in [2.05, 4.69) is 0 Å². The molecule has 0 aliphatic heterocycles. The molecule has 0 bridgehead atoms. The van der Waals surface area contributed by atoms with Crippen molar-refractivity contribution >= 4 is 17.9 Å². The van der Waals surface area contributed by atoms with E-state index in [0.717, 1.165) is 11.1 Å². The lowest BCUT2D eigenvalue weighted by Crippen LogP contribution is -1.98. The Labute approximate surface area is 164 Å². The molecule has 0 spiro atoms. The summed E-state index contributed by atoms with van der Waals surface area (Å²) in [5.74, 6) is 2.07. The first-order chi connectivity index (χ1) is 13.6. The fourth-order valence-electron chi connectivity index (χ4n) is 2.44. The lowest BCUT2D eigenvalue weighted by atomic mass is 10.1. The van der Waals surface area contributed by atoms with Crippen molar-refractivity contribution in [2.45, 2.75) is 0 Å². The van der Waals surface area contributed by atoms with Gasteiger partial charge in [0.05, 0.1) is 21.3 Å². The van der Waals surface area contributed by atoms with Gasteiger partial charge in [0, 0.05) is 7.11 Å². The molecule has 0 radical (unpaired) electrons. The van der Waals surface area contributed by atoms with Gasteiger partial charge in [-0.3, -0.25) is 4.79 Å². The maximum Gasteiger partial charge on any atom is 0.203 e. The maximum absolute atomic E-state index is 12.2. The summed E-state index contributed by atoms with van der Waals surface area (Å²) in [4.78, 5) is 12.2. The van der Waals surface area contributed by atoms with Gasteiger partial charge in [-0.15, -0.1) is 0 Å². The number of hydrogen-bond donors (Lipinski definition) is 0. The van der Waals surface area contributed by atoms with Gasteiger partial charge in [0.1, 0.15) is 5.75 Å². The highest BCUT2D eigenvalue weighted by atomic mass is 16.7. The van der Waals surface area contributed by atoms with Crippen molar-refractivity contribution in [3.63, 3.8) is 0 Å². The van der Waals surface area contributed by atoms with E-state index in [1.807, 2.05) is 24.3 Å². The van der Waals surface area contributed by atoms with Crippen molar-refractivity contribution in [2.75, 3.05) is 35.2 Å². The second kappa shape index (κ2) is 10.8. The van der Waals surface area contributed by atoms with Gasteiger partial charge in [0.2, 0.25) is 5.75 Å². The van der Waals surface area contributed by atoms with Gasteiger partial charge in [-0.05, 0) is 47.5 Å². The first-order valence-corrected chi connectivity index (χ1v) is 8.53. The van der Waals surface area contributed by atoms with Gasteiger partial charge >= 0.3 is 0 Å². The van der Waals surface area contributed by atoms with Gasteiger partial charge < -0.3 is 23.7 Å². The second-order valence-corrected chi connectivity index (χ2v) is 5.65. The third-order valence-electron chi connectivity index (χ3n) is 3.77. The van der Waals surface area contributed by atoms with Gasteiger partial charge in [-0.25, -0.2) is 0 Å². The van der Waals surface area contributed by atoms with Gasteiger partial charge in [0.25, 0.3) is 0 Å². The molecule has 0 aromatic heterocycles. The molecular formula is C22H24O6. The van der Waals surface area contributed by atoms with E-state index in [1.165, 1.54) is 12.2 Å². The lowest BCUT2D eigenvalue weighted by Gasteiger charge is -2.12. The molecule has 28 heavy (non-hydrogen) atoms. The van der Waals surface area contributed by atoms with Crippen LogP contribution in [-0.4, -0.2) is 41.0 Å². The van der Waals surface area contributed by atoms with Crippen molar-refractivity contribution in [3.8, 4) is 23.0 Å². The summed E-state index contributed by atoms with van der Waals surface area (Å²) in [7, 11) is 6.19. The Kier molecular flexibility index (Phi) is 8.11. The van der Waals surface area contributed by atoms with Crippen molar-refractivity contribution < 1.29 is 28.5 Å². The predicted molar refractivity (Wildman–Crippen MR) is 108 cm³/mol. The molecule has 0 atom stereocenters. The van der Waals surface area contributed by atoms with Crippen molar-refractivity contribution in [2.24, 2.45) is 0 Å². The van der Waals surface area contributed by atoms with E-state index in [9.17, 15) is 4.79 Å². The monoisotopic (exact) mass is 384 g/mol. The number of allylic oxidation sites excluding steroid dienone is 2. The van der Waals surface area contributed by atoms with E-state index in [1.54, 1.807) is 52.7 Å². The number of rotatable bonds is 10. The topological polar surface area (TPSA) is 63.2 Å². The van der Waals surface area contributed by atoms with Crippen LogP contribution in [0.15, 0.2) is 48.6 Å². The van der Waals surface area contributed by atoms with Crippen LogP contribution in [0.25, 0.3) is 12.2 Å². The summed E-state index contributed by atoms with van der Waals surface area (Å²) < 4.78 is 26.2. The molecule has 0 saturated heterocycles. The molecule has 0 amide bonds. The van der Waals surface area contributed by atoms with E-state index in [0.29, 0.717) is 23.0 Å². The minimum Gasteiger partial charge on any atom is -0.493 e. The van der Waals surface area contributed by atoms with Gasteiger partial charge in [-0.2, -0.15) is 0 Å². The standard InChI is InChI=1S/C22H24O6/c1-24-15-28-19-7-5-6-16(12-19)8-10-18(23)11-9-17-13-20(25-2)22(27-4)21(14-17)26-3/h5-14H,15H2,1-4H3/b10-8+,11-9+. The van der Waals surface area contributed by atoms with Crippen molar-refractivity contribution in [1.29, 1.82) is 0 Å². The molecule has 2 rings (SSSR count). The van der Waals surface area contributed by atoms with Crippen LogP contribution in [0.4, 0.5) is 0 Å². The SMILES string of the molecule is COCOc1cccc(/C=C/C(=O)/C=C/c2cc(OC)c(OC)c(OC)c2)c1. The zero-order chi connectivity index (χ0) is 20.4. The number of benzene rings is 2. The maximum atomic E-state index is 12.2. The van der Waals surface area contributed by atoms with E-state index in [-0.39, 0.29) is 12.6 Å². The van der Waals surface area contributed by atoms with E-state index in [4.69, 9.17) is 23.7 Å². The summed E-state index contributed by atoms with van der Waals surface area (Å²) >= 11 is 0. The molecule has 2 aromatic carbocycles. The number of carbonyl (C=O) groups excluding carboxylic acids is 1. The Morgan fingerprint density at radius 3 is 2.07 bits per heavy atom. The molecule has 0 unspecified atom stereocenters. The van der Waals surface area contributed by atoms with Crippen LogP contribution in [0, 0.1) is 0 Å². The van der Waals surface area contributed by atoms with Gasteiger partial charge in [-0.1, -0.05) is 24.3 Å². The molecule has 6 heteroatoms. The van der Waals surface area contributed by atoms with Gasteiger partial charge in [0.15, 0.2) is 24.1 Å². The molecule has 0 saturated carbocycles. The summed E-state index contributed by atoms with van der Waals surface area (Å²) in [6.07, 6.45) is 6.38. The normalized spacial score (nSPS) is 11.0. The highest BCUT2D eigenvalue weighted by Gasteiger charge is 2.12. The Morgan fingerprint density at radius 2 is 1.50 bits per heavy atom. The first-order valence-electron chi connectivity index (χ1n) is 8.53. The van der Waals surface area contributed by atoms with Crippen LogP contribution < -0.4 is 18.9 Å². The van der Waals surface area contributed by atoms with E-state index < -0.39 is 0 Å². The van der Waals surface area contributed by atoms with Crippen LogP contribution in [0.5, 0.6) is 23.0 Å². The van der Waals surface area contributed by atoms with Crippen molar-refractivity contribution in [3.05, 3.63) is 59.7 Å². The number of ether oxygens (including phenoxy) is 5. The third-order valence-corrected chi connectivity index (χ3v) is 3.77. The third kappa shape index (κ3) is 5.89. The summed E-state index contributed by atoms with van der Waals surface area (Å²) in [6, 6.07) is 10.9. The first kappa shape index (κ1) is 21.1. The zero-order valence-electron chi connectivity index (χ0n) is 16.4. The number of hydrogen-bond acceptors (Lipinski definition) is 6. The predicted octanol–water partition coefficient (Wildman–Crippen LogP) is 3.99. The molecule has 0 aliphatic rings. The molecule has 0 N–H and O–H groups in total. The molecule has 0 aliphatic carbocycles. The quantitative estimate of drug-likeness (QED) is 0.456. The minimum absolute atomic E-state index is 0.156. The van der Waals surface area contributed by atoms with Crippen LogP contribution in [0.3, 0.4) is 0 Å². The second-order valence-electron chi connectivity index (χ2n) is 5.65. The van der Waals surface area contributed by atoms with Crippen LogP contribution >= 0.6 is 0 Å². The largest absolute Gasteiger partial charge is 0.493 e. The summed E-state index contributed by atoms with van der Waals surface area (Å²) in [5, 5.41) is 0. The van der Waals surface area contributed by atoms with Crippen LogP contribution in [0.1, 0.15) is 11.1 Å². The Hall–Kier alpha value is -3.25. The summed E-state index contributed by atoms with van der Waals surface area (Å²) in [6.45, 7) is 0.170. The number of methoxy groups -OCH3 is 4. The molecule has 6 nitrogen and oxygen atoms in total. The molecular weight excluding hydrogens is 360 g/mol. The Morgan fingerprint density at radius 1 is 0.857 bits per heavy atom. The van der Waals surface area contributed by atoms with Crippen LogP contribution in [-0.2, 0) is 9.53 Å². The number of carbonyl (C=O) groups is 1. The highest BCUT2D eigenvalue weighted by molar-refractivity contribution is 6.04. The van der Waals surface area contributed by atoms with Crippen LogP contribution in [0.2, 0.25) is 0 Å². The highest BCUT2D eigenvalue weighted by Crippen LogP contribution is 2.38.